The summed E-state index contributed by atoms with van der Waals surface area (Å²) in [6.45, 7) is 4.71. The summed E-state index contributed by atoms with van der Waals surface area (Å²) in [5.74, 6) is 1.84. The van der Waals surface area contributed by atoms with Gasteiger partial charge in [0.2, 0.25) is 0 Å². The summed E-state index contributed by atoms with van der Waals surface area (Å²) in [6, 6.07) is 19.2. The summed E-state index contributed by atoms with van der Waals surface area (Å²) in [6.07, 6.45) is 3.15. The summed E-state index contributed by atoms with van der Waals surface area (Å²) in [5, 5.41) is 6.84. The molecule has 0 spiro atoms. The topological polar surface area (TPSA) is 45.6 Å². The molecule has 1 atom stereocenters. The first kappa shape index (κ1) is 17.3. The fraction of sp³-hybridized carbons (Fsp3) is 0.381. The highest BCUT2D eigenvalue weighted by Gasteiger charge is 2.15. The van der Waals surface area contributed by atoms with E-state index in [0.717, 1.165) is 50.7 Å². The molecule has 0 saturated heterocycles. The van der Waals surface area contributed by atoms with E-state index in [1.807, 2.05) is 6.07 Å². The Hall–Kier alpha value is -2.49. The molecule has 0 amide bonds. The first-order valence-corrected chi connectivity index (χ1v) is 9.16. The third-order valence-corrected chi connectivity index (χ3v) is 4.32. The monoisotopic (exact) mass is 337 g/mol. The molecule has 1 aliphatic heterocycles. The van der Waals surface area contributed by atoms with Crippen LogP contribution in [0.3, 0.4) is 0 Å². The van der Waals surface area contributed by atoms with Crippen LogP contribution >= 0.6 is 0 Å². The molecule has 0 aromatic heterocycles. The van der Waals surface area contributed by atoms with E-state index in [1.54, 1.807) is 0 Å². The maximum absolute atomic E-state index is 5.75. The molecule has 0 radical (unpaired) electrons. The van der Waals surface area contributed by atoms with Crippen LogP contribution in [0.4, 0.5) is 0 Å². The van der Waals surface area contributed by atoms with E-state index in [-0.39, 0.29) is 6.04 Å². The first-order chi connectivity index (χ1) is 12.3. The van der Waals surface area contributed by atoms with Crippen molar-refractivity contribution in [2.24, 2.45) is 4.99 Å². The molecule has 0 saturated carbocycles. The Labute approximate surface area is 150 Å². The van der Waals surface area contributed by atoms with Crippen LogP contribution in [0.1, 0.15) is 36.9 Å². The molecule has 4 nitrogen and oxygen atoms in total. The summed E-state index contributed by atoms with van der Waals surface area (Å²) in [7, 11) is 0. The smallest absolute Gasteiger partial charge is 0.191 e. The van der Waals surface area contributed by atoms with E-state index in [4.69, 9.17) is 4.74 Å². The molecule has 25 heavy (non-hydrogen) atoms. The van der Waals surface area contributed by atoms with Gasteiger partial charge in [-0.05, 0) is 36.1 Å². The minimum Gasteiger partial charge on any atom is -0.494 e. The second kappa shape index (κ2) is 9.11. The Morgan fingerprint density at radius 3 is 2.60 bits per heavy atom. The van der Waals surface area contributed by atoms with Gasteiger partial charge in [-0.15, -0.1) is 0 Å². The molecule has 2 aromatic rings. The lowest BCUT2D eigenvalue weighted by Crippen LogP contribution is -2.37. The van der Waals surface area contributed by atoms with Gasteiger partial charge in [0.05, 0.1) is 19.2 Å². The molecule has 132 valence electrons. The maximum Gasteiger partial charge on any atom is 0.191 e. The number of guanidine groups is 1. The van der Waals surface area contributed by atoms with Crippen molar-refractivity contribution < 1.29 is 4.74 Å². The van der Waals surface area contributed by atoms with Gasteiger partial charge in [-0.3, -0.25) is 4.99 Å². The standard InChI is InChI=1S/C21H27N3O/c1-2-3-15-25-19-11-9-17(10-12-19)16-20(18-7-5-4-6-8-18)24-21-22-13-14-23-21/h4-12,20H,2-3,13-16H2,1H3,(H2,22,23,24). The largest absolute Gasteiger partial charge is 0.494 e. The number of hydrogen-bond donors (Lipinski definition) is 2. The van der Waals surface area contributed by atoms with Gasteiger partial charge in [0, 0.05) is 6.54 Å². The Balaban J connectivity index is 1.67. The average molecular weight is 337 g/mol. The van der Waals surface area contributed by atoms with Crippen LogP contribution in [0.15, 0.2) is 59.6 Å². The maximum atomic E-state index is 5.75. The van der Waals surface area contributed by atoms with Gasteiger partial charge in [-0.25, -0.2) is 0 Å². The number of nitrogens with one attached hydrogen (secondary N) is 2. The van der Waals surface area contributed by atoms with E-state index >= 15 is 0 Å². The minimum absolute atomic E-state index is 0.192. The van der Waals surface area contributed by atoms with Crippen LogP contribution in [0.5, 0.6) is 5.75 Å². The van der Waals surface area contributed by atoms with Crippen molar-refractivity contribution in [1.29, 1.82) is 0 Å². The lowest BCUT2D eigenvalue weighted by molar-refractivity contribution is 0.309. The number of ether oxygens (including phenoxy) is 1. The molecule has 1 aliphatic rings. The molecule has 1 unspecified atom stereocenters. The van der Waals surface area contributed by atoms with Crippen molar-refractivity contribution in [1.82, 2.24) is 10.6 Å². The molecule has 2 aromatic carbocycles. The lowest BCUT2D eigenvalue weighted by Gasteiger charge is -2.21. The number of hydrogen-bond acceptors (Lipinski definition) is 4. The van der Waals surface area contributed by atoms with Crippen LogP contribution < -0.4 is 15.4 Å². The number of rotatable bonds is 8. The molecule has 0 fully saturated rings. The van der Waals surface area contributed by atoms with Crippen molar-refractivity contribution in [2.45, 2.75) is 32.2 Å². The predicted molar refractivity (Wildman–Crippen MR) is 103 cm³/mol. The number of nitrogens with zero attached hydrogens (tertiary/aromatic N) is 1. The van der Waals surface area contributed by atoms with Gasteiger partial charge in [0.1, 0.15) is 5.75 Å². The molecule has 0 bridgehead atoms. The van der Waals surface area contributed by atoms with E-state index in [0.29, 0.717) is 0 Å². The van der Waals surface area contributed by atoms with Crippen molar-refractivity contribution in [2.75, 3.05) is 19.7 Å². The highest BCUT2D eigenvalue weighted by Crippen LogP contribution is 2.21. The molecule has 0 aliphatic carbocycles. The third-order valence-electron chi connectivity index (χ3n) is 4.32. The van der Waals surface area contributed by atoms with Crippen molar-refractivity contribution in [3.05, 3.63) is 65.7 Å². The van der Waals surface area contributed by atoms with Crippen LogP contribution in [0.2, 0.25) is 0 Å². The van der Waals surface area contributed by atoms with Gasteiger partial charge in [-0.2, -0.15) is 0 Å². The first-order valence-electron chi connectivity index (χ1n) is 9.16. The Morgan fingerprint density at radius 1 is 1.12 bits per heavy atom. The molecule has 4 heteroatoms. The van der Waals surface area contributed by atoms with Gasteiger partial charge in [0.15, 0.2) is 5.96 Å². The lowest BCUT2D eigenvalue weighted by atomic mass is 9.99. The zero-order chi connectivity index (χ0) is 17.3. The number of unbranched alkanes of at least 4 members (excludes halogenated alkanes) is 1. The Morgan fingerprint density at radius 2 is 1.92 bits per heavy atom. The van der Waals surface area contributed by atoms with Gasteiger partial charge in [0.25, 0.3) is 0 Å². The fourth-order valence-electron chi connectivity index (χ4n) is 2.89. The normalized spacial score (nSPS) is 14.5. The zero-order valence-corrected chi connectivity index (χ0v) is 14.9. The molecule has 3 rings (SSSR count). The van der Waals surface area contributed by atoms with Crippen molar-refractivity contribution in [3.63, 3.8) is 0 Å². The van der Waals surface area contributed by atoms with Crippen LogP contribution in [0.25, 0.3) is 0 Å². The second-order valence-corrected chi connectivity index (χ2v) is 6.31. The van der Waals surface area contributed by atoms with Crippen molar-refractivity contribution >= 4 is 5.96 Å². The average Bonchev–Trinajstić information content (AvgIpc) is 3.17. The number of aliphatic imine (C=N–C) groups is 1. The Bertz CT molecular complexity index is 667. The van der Waals surface area contributed by atoms with Gasteiger partial charge < -0.3 is 15.4 Å². The third kappa shape index (κ3) is 5.24. The minimum atomic E-state index is 0.192. The number of benzene rings is 2. The quantitative estimate of drug-likeness (QED) is 0.722. The molecular formula is C21H27N3O. The predicted octanol–water partition coefficient (Wildman–Crippen LogP) is 3.70. The van der Waals surface area contributed by atoms with Gasteiger partial charge >= 0.3 is 0 Å². The Kier molecular flexibility index (Phi) is 6.32. The molecular weight excluding hydrogens is 310 g/mol. The summed E-state index contributed by atoms with van der Waals surface area (Å²) < 4.78 is 5.75. The fourth-order valence-corrected chi connectivity index (χ4v) is 2.89. The van der Waals surface area contributed by atoms with Crippen LogP contribution in [-0.4, -0.2) is 25.7 Å². The summed E-state index contributed by atoms with van der Waals surface area (Å²) in [5.41, 5.74) is 2.55. The second-order valence-electron chi connectivity index (χ2n) is 6.31. The van der Waals surface area contributed by atoms with E-state index in [1.165, 1.54) is 11.1 Å². The van der Waals surface area contributed by atoms with Crippen LogP contribution in [-0.2, 0) is 6.42 Å². The van der Waals surface area contributed by atoms with E-state index in [9.17, 15) is 0 Å². The zero-order valence-electron chi connectivity index (χ0n) is 14.9. The van der Waals surface area contributed by atoms with Crippen LogP contribution in [0, 0.1) is 0 Å². The van der Waals surface area contributed by atoms with Crippen molar-refractivity contribution in [3.8, 4) is 5.75 Å². The summed E-state index contributed by atoms with van der Waals surface area (Å²) >= 11 is 0. The highest BCUT2D eigenvalue weighted by molar-refractivity contribution is 5.81. The molecule has 2 N–H and O–H groups in total. The molecule has 1 heterocycles. The van der Waals surface area contributed by atoms with E-state index in [2.05, 4.69) is 71.1 Å². The van der Waals surface area contributed by atoms with Gasteiger partial charge in [-0.1, -0.05) is 55.8 Å². The SMILES string of the molecule is CCCCOc1ccc(CC(NC2=NCCN2)c2ccccc2)cc1. The highest BCUT2D eigenvalue weighted by atomic mass is 16.5. The van der Waals surface area contributed by atoms with E-state index < -0.39 is 0 Å². The summed E-state index contributed by atoms with van der Waals surface area (Å²) in [4.78, 5) is 4.47.